The van der Waals surface area contributed by atoms with E-state index in [9.17, 15) is 14.9 Å². The predicted octanol–water partition coefficient (Wildman–Crippen LogP) is 2.66. The van der Waals surface area contributed by atoms with E-state index in [1.807, 2.05) is 22.6 Å². The largest absolute Gasteiger partial charge is 0.351 e. The molecule has 1 aliphatic rings. The molecule has 0 radical (unpaired) electrons. The Labute approximate surface area is 143 Å². The van der Waals surface area contributed by atoms with Gasteiger partial charge in [-0.25, -0.2) is 0 Å². The van der Waals surface area contributed by atoms with Gasteiger partial charge in [0.05, 0.1) is 10.5 Å². The van der Waals surface area contributed by atoms with Crippen LogP contribution in [0, 0.1) is 19.6 Å². The molecule has 7 heteroatoms. The SMILES string of the molecule is CC1CCCN(CCNC(=O)c2cc([N+](=O)[O-])ccc2I)C1. The molecule has 0 aromatic heterocycles. The van der Waals surface area contributed by atoms with Gasteiger partial charge in [-0.2, -0.15) is 0 Å². The van der Waals surface area contributed by atoms with Crippen molar-refractivity contribution in [3.63, 3.8) is 0 Å². The second kappa shape index (κ2) is 7.87. The lowest BCUT2D eigenvalue weighted by molar-refractivity contribution is -0.384. The molecule has 1 aromatic rings. The smallest absolute Gasteiger partial charge is 0.270 e. The monoisotopic (exact) mass is 417 g/mol. The highest BCUT2D eigenvalue weighted by molar-refractivity contribution is 14.1. The quantitative estimate of drug-likeness (QED) is 0.454. The number of nitrogens with zero attached hydrogens (tertiary/aromatic N) is 2. The topological polar surface area (TPSA) is 75.5 Å². The van der Waals surface area contributed by atoms with Gasteiger partial charge in [-0.05, 0) is 54.0 Å². The maximum Gasteiger partial charge on any atom is 0.270 e. The van der Waals surface area contributed by atoms with E-state index in [1.165, 1.54) is 25.0 Å². The average Bonchev–Trinajstić information content (AvgIpc) is 2.47. The molecular formula is C15H20IN3O3. The van der Waals surface area contributed by atoms with Crippen molar-refractivity contribution in [3.8, 4) is 0 Å². The molecule has 120 valence electrons. The first kappa shape index (κ1) is 17.1. The Balaban J connectivity index is 1.89. The highest BCUT2D eigenvalue weighted by Gasteiger charge is 2.17. The summed E-state index contributed by atoms with van der Waals surface area (Å²) in [5, 5.41) is 13.7. The van der Waals surface area contributed by atoms with Crippen LogP contribution in [0.15, 0.2) is 18.2 Å². The highest BCUT2D eigenvalue weighted by atomic mass is 127. The molecule has 1 heterocycles. The van der Waals surface area contributed by atoms with Crippen LogP contribution in [0.4, 0.5) is 5.69 Å². The number of benzene rings is 1. The van der Waals surface area contributed by atoms with Crippen molar-refractivity contribution in [3.05, 3.63) is 37.4 Å². The molecule has 1 fully saturated rings. The van der Waals surface area contributed by atoms with Gasteiger partial charge < -0.3 is 10.2 Å². The number of carbonyl (C=O) groups is 1. The molecule has 1 N–H and O–H groups in total. The molecule has 1 aromatic carbocycles. The standard InChI is InChI=1S/C15H20IN3O3/c1-11-3-2-7-18(10-11)8-6-17-15(20)13-9-12(19(21)22)4-5-14(13)16/h4-5,9,11H,2-3,6-8,10H2,1H3,(H,17,20). The second-order valence-corrected chi connectivity index (χ2v) is 6.89. The Hall–Kier alpha value is -1.22. The third kappa shape index (κ3) is 4.64. The van der Waals surface area contributed by atoms with E-state index >= 15 is 0 Å². The number of hydrogen-bond acceptors (Lipinski definition) is 4. The number of halogens is 1. The highest BCUT2D eigenvalue weighted by Crippen LogP contribution is 2.19. The van der Waals surface area contributed by atoms with Crippen LogP contribution >= 0.6 is 22.6 Å². The molecule has 6 nitrogen and oxygen atoms in total. The van der Waals surface area contributed by atoms with Gasteiger partial charge >= 0.3 is 0 Å². The number of nitro benzene ring substituents is 1. The second-order valence-electron chi connectivity index (χ2n) is 5.73. The number of nitro groups is 1. The van der Waals surface area contributed by atoms with Gasteiger partial charge in [0.25, 0.3) is 11.6 Å². The first-order valence-corrected chi connectivity index (χ1v) is 8.49. The first-order chi connectivity index (χ1) is 10.5. The molecule has 0 saturated carbocycles. The molecule has 0 bridgehead atoms. The Morgan fingerprint density at radius 2 is 2.32 bits per heavy atom. The molecule has 0 spiro atoms. The summed E-state index contributed by atoms with van der Waals surface area (Å²) in [5.74, 6) is 0.459. The average molecular weight is 417 g/mol. The molecule has 0 aliphatic carbocycles. The molecule has 1 unspecified atom stereocenters. The zero-order valence-electron chi connectivity index (χ0n) is 12.5. The van der Waals surface area contributed by atoms with E-state index in [1.54, 1.807) is 6.07 Å². The molecule has 22 heavy (non-hydrogen) atoms. The van der Waals surface area contributed by atoms with Crippen molar-refractivity contribution in [1.82, 2.24) is 10.2 Å². The van der Waals surface area contributed by atoms with Crippen LogP contribution in [0.3, 0.4) is 0 Å². The maximum atomic E-state index is 12.2. The van der Waals surface area contributed by atoms with Gasteiger partial charge in [-0.1, -0.05) is 6.92 Å². The third-order valence-corrected chi connectivity index (χ3v) is 4.80. The predicted molar refractivity (Wildman–Crippen MR) is 93.0 cm³/mol. The Morgan fingerprint density at radius 3 is 3.00 bits per heavy atom. The molecule has 1 aliphatic heterocycles. The summed E-state index contributed by atoms with van der Waals surface area (Å²) in [7, 11) is 0. The summed E-state index contributed by atoms with van der Waals surface area (Å²) < 4.78 is 0.715. The molecular weight excluding hydrogens is 397 g/mol. The van der Waals surface area contributed by atoms with Gasteiger partial charge in [-0.3, -0.25) is 14.9 Å². The maximum absolute atomic E-state index is 12.2. The third-order valence-electron chi connectivity index (χ3n) is 3.86. The summed E-state index contributed by atoms with van der Waals surface area (Å²) in [6.45, 7) is 5.78. The first-order valence-electron chi connectivity index (χ1n) is 7.42. The zero-order chi connectivity index (χ0) is 16.1. The lowest BCUT2D eigenvalue weighted by atomic mass is 10.0. The van der Waals surface area contributed by atoms with Crippen LogP contribution in [-0.4, -0.2) is 41.9 Å². The number of piperidine rings is 1. The summed E-state index contributed by atoms with van der Waals surface area (Å²) in [6, 6.07) is 4.34. The van der Waals surface area contributed by atoms with Crippen molar-refractivity contribution >= 4 is 34.2 Å². The van der Waals surface area contributed by atoms with Gasteiger partial charge in [0, 0.05) is 35.3 Å². The van der Waals surface area contributed by atoms with Gasteiger partial charge in [0.15, 0.2) is 0 Å². The molecule has 2 rings (SSSR count). The van der Waals surface area contributed by atoms with E-state index in [0.717, 1.165) is 19.6 Å². The normalized spacial score (nSPS) is 18.9. The Kier molecular flexibility index (Phi) is 6.13. The van der Waals surface area contributed by atoms with Gasteiger partial charge in [-0.15, -0.1) is 0 Å². The molecule has 1 amide bonds. The Morgan fingerprint density at radius 1 is 1.55 bits per heavy atom. The van der Waals surface area contributed by atoms with Crippen LogP contribution in [0.1, 0.15) is 30.1 Å². The van der Waals surface area contributed by atoms with Gasteiger partial charge in [0.2, 0.25) is 0 Å². The number of nitrogens with one attached hydrogen (secondary N) is 1. The number of rotatable bonds is 5. The van der Waals surface area contributed by atoms with Crippen molar-refractivity contribution in [2.75, 3.05) is 26.2 Å². The summed E-state index contributed by atoms with van der Waals surface area (Å²) in [6.07, 6.45) is 2.48. The van der Waals surface area contributed by atoms with E-state index in [0.29, 0.717) is 21.6 Å². The molecule has 1 atom stereocenters. The summed E-state index contributed by atoms with van der Waals surface area (Å²) in [5.41, 5.74) is 0.303. The fourth-order valence-electron chi connectivity index (χ4n) is 2.71. The number of non-ortho nitro benzene ring substituents is 1. The zero-order valence-corrected chi connectivity index (χ0v) is 14.7. The van der Waals surface area contributed by atoms with Crippen LogP contribution in [0.5, 0.6) is 0 Å². The summed E-state index contributed by atoms with van der Waals surface area (Å²) >= 11 is 2.02. The van der Waals surface area contributed by atoms with E-state index in [4.69, 9.17) is 0 Å². The fraction of sp³-hybridized carbons (Fsp3) is 0.533. The van der Waals surface area contributed by atoms with E-state index in [2.05, 4.69) is 17.1 Å². The Bertz CT molecular complexity index is 565. The lowest BCUT2D eigenvalue weighted by Crippen LogP contribution is -2.40. The van der Waals surface area contributed by atoms with Gasteiger partial charge in [0.1, 0.15) is 0 Å². The van der Waals surface area contributed by atoms with Crippen LogP contribution in [-0.2, 0) is 0 Å². The van der Waals surface area contributed by atoms with E-state index in [-0.39, 0.29) is 11.6 Å². The summed E-state index contributed by atoms with van der Waals surface area (Å²) in [4.78, 5) is 24.9. The van der Waals surface area contributed by atoms with Crippen LogP contribution < -0.4 is 5.32 Å². The van der Waals surface area contributed by atoms with Crippen LogP contribution in [0.2, 0.25) is 0 Å². The van der Waals surface area contributed by atoms with Crippen molar-refractivity contribution in [2.24, 2.45) is 5.92 Å². The van der Waals surface area contributed by atoms with Crippen LogP contribution in [0.25, 0.3) is 0 Å². The number of amides is 1. The molecule has 1 saturated heterocycles. The van der Waals surface area contributed by atoms with Crippen molar-refractivity contribution in [2.45, 2.75) is 19.8 Å². The number of likely N-dealkylation sites (tertiary alicyclic amines) is 1. The van der Waals surface area contributed by atoms with E-state index < -0.39 is 4.92 Å². The number of hydrogen-bond donors (Lipinski definition) is 1. The fourth-order valence-corrected chi connectivity index (χ4v) is 3.29. The van der Waals surface area contributed by atoms with Crippen molar-refractivity contribution in [1.29, 1.82) is 0 Å². The number of carbonyl (C=O) groups excluding carboxylic acids is 1. The lowest BCUT2D eigenvalue weighted by Gasteiger charge is -2.30. The van der Waals surface area contributed by atoms with Crippen molar-refractivity contribution < 1.29 is 9.72 Å². The minimum atomic E-state index is -0.484. The minimum Gasteiger partial charge on any atom is -0.351 e. The minimum absolute atomic E-state index is 0.0598.